The summed E-state index contributed by atoms with van der Waals surface area (Å²) in [5.41, 5.74) is 1.80. The molecule has 2 aromatic heterocycles. The van der Waals surface area contributed by atoms with Crippen LogP contribution >= 0.6 is 12.4 Å². The monoisotopic (exact) mass is 409 g/mol. The van der Waals surface area contributed by atoms with Crippen LogP contribution in [0.15, 0.2) is 42.6 Å². The van der Waals surface area contributed by atoms with Crippen LogP contribution in [0.2, 0.25) is 0 Å². The van der Waals surface area contributed by atoms with Gasteiger partial charge in [-0.1, -0.05) is 12.1 Å². The van der Waals surface area contributed by atoms with Crippen molar-refractivity contribution in [3.8, 4) is 11.1 Å². The van der Waals surface area contributed by atoms with Gasteiger partial charge >= 0.3 is 6.18 Å². The van der Waals surface area contributed by atoms with Gasteiger partial charge in [-0.15, -0.1) is 12.4 Å². The van der Waals surface area contributed by atoms with Crippen molar-refractivity contribution in [2.75, 3.05) is 13.2 Å². The summed E-state index contributed by atoms with van der Waals surface area (Å²) < 4.78 is 44.0. The van der Waals surface area contributed by atoms with Gasteiger partial charge in [0.05, 0.1) is 11.0 Å². The van der Waals surface area contributed by atoms with E-state index in [1.165, 1.54) is 6.20 Å². The molecular weight excluding hydrogens is 391 g/mol. The summed E-state index contributed by atoms with van der Waals surface area (Å²) in [6.45, 7) is 1.56. The van der Waals surface area contributed by atoms with Crippen molar-refractivity contribution in [3.05, 3.63) is 54.1 Å². The smallest absolute Gasteiger partial charge is 0.381 e. The highest BCUT2D eigenvalue weighted by molar-refractivity contribution is 5.85. The van der Waals surface area contributed by atoms with Gasteiger partial charge in [-0.05, 0) is 60.2 Å². The summed E-state index contributed by atoms with van der Waals surface area (Å²) in [6.07, 6.45) is 2.83. The Balaban J connectivity index is 0.00000225. The quantitative estimate of drug-likeness (QED) is 0.621. The summed E-state index contributed by atoms with van der Waals surface area (Å²) in [5.74, 6) is 1.22. The molecule has 0 amide bonds. The number of hydrogen-bond donors (Lipinski definition) is 1. The Hall–Kier alpha value is -2.38. The SMILES string of the molecule is Cl.FC(F)(F)c1cc(-c2ccc3nc(/C=C/C4CCOCC4)[nH]c3c2)ccn1. The second kappa shape index (κ2) is 8.32. The van der Waals surface area contributed by atoms with Crippen molar-refractivity contribution in [2.45, 2.75) is 19.0 Å². The molecule has 0 radical (unpaired) electrons. The Kier molecular flexibility index (Phi) is 6.05. The van der Waals surface area contributed by atoms with Crippen molar-refractivity contribution in [1.82, 2.24) is 15.0 Å². The van der Waals surface area contributed by atoms with E-state index < -0.39 is 11.9 Å². The second-order valence-corrected chi connectivity index (χ2v) is 6.59. The molecule has 1 N–H and O–H groups in total. The number of aromatic nitrogens is 3. The number of halogens is 4. The lowest BCUT2D eigenvalue weighted by Crippen LogP contribution is -2.13. The van der Waals surface area contributed by atoms with Gasteiger partial charge in [0.2, 0.25) is 0 Å². The number of alkyl halides is 3. The molecule has 1 fully saturated rings. The third-order valence-electron chi connectivity index (χ3n) is 4.68. The minimum atomic E-state index is -4.46. The minimum Gasteiger partial charge on any atom is -0.381 e. The zero-order chi connectivity index (χ0) is 18.9. The summed E-state index contributed by atoms with van der Waals surface area (Å²) in [7, 11) is 0. The van der Waals surface area contributed by atoms with Crippen LogP contribution < -0.4 is 0 Å². The lowest BCUT2D eigenvalue weighted by atomic mass is 10.00. The molecule has 8 heteroatoms. The van der Waals surface area contributed by atoms with Crippen LogP contribution in [0.1, 0.15) is 24.4 Å². The highest BCUT2D eigenvalue weighted by Gasteiger charge is 2.32. The van der Waals surface area contributed by atoms with Crippen molar-refractivity contribution in [1.29, 1.82) is 0 Å². The number of imidazole rings is 1. The largest absolute Gasteiger partial charge is 0.433 e. The van der Waals surface area contributed by atoms with Crippen LogP contribution in [-0.4, -0.2) is 28.2 Å². The van der Waals surface area contributed by atoms with E-state index in [9.17, 15) is 13.2 Å². The van der Waals surface area contributed by atoms with Gasteiger partial charge in [0.15, 0.2) is 0 Å². The third-order valence-corrected chi connectivity index (χ3v) is 4.68. The normalized spacial score (nSPS) is 15.8. The molecule has 1 aliphatic heterocycles. The van der Waals surface area contributed by atoms with E-state index in [0.29, 0.717) is 17.0 Å². The van der Waals surface area contributed by atoms with Crippen LogP contribution in [0.25, 0.3) is 28.2 Å². The van der Waals surface area contributed by atoms with E-state index in [-0.39, 0.29) is 12.4 Å². The molecule has 1 aromatic carbocycles. The summed E-state index contributed by atoms with van der Waals surface area (Å²) in [6, 6.07) is 8.01. The van der Waals surface area contributed by atoms with E-state index in [1.54, 1.807) is 18.2 Å². The Morgan fingerprint density at radius 2 is 1.82 bits per heavy atom. The fourth-order valence-corrected chi connectivity index (χ4v) is 3.19. The average Bonchev–Trinajstić information content (AvgIpc) is 3.09. The zero-order valence-corrected chi connectivity index (χ0v) is 15.7. The first-order chi connectivity index (χ1) is 13.0. The first kappa shape index (κ1) is 20.4. The number of allylic oxidation sites excluding steroid dienone is 1. The van der Waals surface area contributed by atoms with Crippen LogP contribution in [0, 0.1) is 5.92 Å². The molecular formula is C20H19ClF3N3O. The molecule has 4 nitrogen and oxygen atoms in total. The number of H-pyrrole nitrogens is 1. The Bertz CT molecular complexity index is 978. The first-order valence-corrected chi connectivity index (χ1v) is 8.78. The number of pyridine rings is 1. The predicted molar refractivity (Wildman–Crippen MR) is 104 cm³/mol. The Morgan fingerprint density at radius 3 is 2.57 bits per heavy atom. The Labute approximate surface area is 166 Å². The van der Waals surface area contributed by atoms with Gasteiger partial charge in [0, 0.05) is 19.4 Å². The summed E-state index contributed by atoms with van der Waals surface area (Å²) in [5, 5.41) is 0. The van der Waals surface area contributed by atoms with Gasteiger partial charge in [0.1, 0.15) is 11.5 Å². The van der Waals surface area contributed by atoms with Crippen LogP contribution in [-0.2, 0) is 10.9 Å². The fraction of sp³-hybridized carbons (Fsp3) is 0.300. The molecule has 1 saturated heterocycles. The molecule has 0 aliphatic carbocycles. The number of ether oxygens (including phenoxy) is 1. The molecule has 28 heavy (non-hydrogen) atoms. The lowest BCUT2D eigenvalue weighted by molar-refractivity contribution is -0.141. The number of nitrogens with zero attached hydrogens (tertiary/aromatic N) is 2. The van der Waals surface area contributed by atoms with Crippen LogP contribution in [0.3, 0.4) is 0 Å². The van der Waals surface area contributed by atoms with E-state index in [2.05, 4.69) is 21.0 Å². The van der Waals surface area contributed by atoms with E-state index in [1.807, 2.05) is 12.1 Å². The number of hydrogen-bond acceptors (Lipinski definition) is 3. The van der Waals surface area contributed by atoms with E-state index in [0.717, 1.165) is 49.0 Å². The molecule has 4 rings (SSSR count). The molecule has 0 unspecified atom stereocenters. The first-order valence-electron chi connectivity index (χ1n) is 8.78. The average molecular weight is 410 g/mol. The lowest BCUT2D eigenvalue weighted by Gasteiger charge is -2.18. The van der Waals surface area contributed by atoms with Crippen LogP contribution in [0.4, 0.5) is 13.2 Å². The van der Waals surface area contributed by atoms with E-state index in [4.69, 9.17) is 4.74 Å². The predicted octanol–water partition coefficient (Wildman–Crippen LogP) is 5.51. The fourth-order valence-electron chi connectivity index (χ4n) is 3.19. The molecule has 0 spiro atoms. The molecule has 1 aliphatic rings. The van der Waals surface area contributed by atoms with Crippen molar-refractivity contribution in [2.24, 2.45) is 5.92 Å². The standard InChI is InChI=1S/C20H18F3N3O.ClH/c21-20(22,23)18-12-15(5-8-24-18)14-2-3-16-17(11-14)26-19(25-16)4-1-13-6-9-27-10-7-13;/h1-5,8,11-13H,6-7,9-10H2,(H,25,26);1H/b4-1+;. The second-order valence-electron chi connectivity index (χ2n) is 6.59. The maximum atomic E-state index is 12.9. The highest BCUT2D eigenvalue weighted by atomic mass is 35.5. The molecule has 0 bridgehead atoms. The third kappa shape index (κ3) is 4.54. The molecule has 148 valence electrons. The minimum absolute atomic E-state index is 0. The number of rotatable bonds is 3. The number of benzene rings is 1. The van der Waals surface area contributed by atoms with Crippen molar-refractivity contribution >= 4 is 29.5 Å². The maximum absolute atomic E-state index is 12.9. The molecule has 0 saturated carbocycles. The number of aromatic amines is 1. The summed E-state index contributed by atoms with van der Waals surface area (Å²) in [4.78, 5) is 11.2. The Morgan fingerprint density at radius 1 is 1.07 bits per heavy atom. The molecule has 3 heterocycles. The van der Waals surface area contributed by atoms with Gasteiger partial charge in [-0.2, -0.15) is 13.2 Å². The maximum Gasteiger partial charge on any atom is 0.433 e. The molecule has 0 atom stereocenters. The number of nitrogens with one attached hydrogen (secondary N) is 1. The van der Waals surface area contributed by atoms with Crippen molar-refractivity contribution in [3.63, 3.8) is 0 Å². The van der Waals surface area contributed by atoms with E-state index >= 15 is 0 Å². The zero-order valence-electron chi connectivity index (χ0n) is 14.9. The van der Waals surface area contributed by atoms with Crippen LogP contribution in [0.5, 0.6) is 0 Å². The highest BCUT2D eigenvalue weighted by Crippen LogP contribution is 2.31. The van der Waals surface area contributed by atoms with Crippen molar-refractivity contribution < 1.29 is 17.9 Å². The number of fused-ring (bicyclic) bond motifs is 1. The van der Waals surface area contributed by atoms with Gasteiger partial charge in [-0.25, -0.2) is 4.98 Å². The summed E-state index contributed by atoms with van der Waals surface area (Å²) >= 11 is 0. The van der Waals surface area contributed by atoms with Gasteiger partial charge in [0.25, 0.3) is 0 Å². The van der Waals surface area contributed by atoms with Gasteiger partial charge in [-0.3, -0.25) is 4.98 Å². The topological polar surface area (TPSA) is 50.8 Å². The van der Waals surface area contributed by atoms with Gasteiger partial charge < -0.3 is 9.72 Å². The molecule has 3 aromatic rings.